The summed E-state index contributed by atoms with van der Waals surface area (Å²) in [5, 5.41) is 33.8. The highest BCUT2D eigenvalue weighted by atomic mass is 16.6. The Kier molecular flexibility index (Phi) is 21.0. The molecule has 4 aliphatic rings. The molecular weight excluding hydrogens is 835 g/mol. The number of amides is 1. The van der Waals surface area contributed by atoms with Crippen LogP contribution in [0.5, 0.6) is 0 Å². The van der Waals surface area contributed by atoms with E-state index in [1.54, 1.807) is 41.1 Å². The number of methoxy groups -OCH3 is 3. The molecule has 1 unspecified atom stereocenters. The van der Waals surface area contributed by atoms with Gasteiger partial charge in [-0.2, -0.15) is 0 Å². The molecule has 0 aromatic heterocycles. The van der Waals surface area contributed by atoms with E-state index >= 15 is 0 Å². The molecule has 2 saturated heterocycles. The van der Waals surface area contributed by atoms with Crippen molar-refractivity contribution in [2.45, 2.75) is 180 Å². The maximum Gasteiger partial charge on any atom is 0.329 e. The van der Waals surface area contributed by atoms with E-state index < -0.39 is 83.9 Å². The van der Waals surface area contributed by atoms with Gasteiger partial charge in [-0.25, -0.2) is 4.79 Å². The molecule has 1 saturated carbocycles. The second-order valence-corrected chi connectivity index (χ2v) is 19.6. The summed E-state index contributed by atoms with van der Waals surface area (Å²) < 4.78 is 29.4. The summed E-state index contributed by atoms with van der Waals surface area (Å²) in [6.45, 7) is 12.7. The van der Waals surface area contributed by atoms with Gasteiger partial charge in [-0.15, -0.1) is 0 Å². The number of allylic oxidation sites excluding steroid dienone is 6. The Morgan fingerprint density at radius 2 is 1.57 bits per heavy atom. The largest absolute Gasteiger partial charge is 0.460 e. The maximum absolute atomic E-state index is 14.4. The maximum atomic E-state index is 14.4. The number of rotatable bonds is 6. The van der Waals surface area contributed by atoms with E-state index in [0.717, 1.165) is 12.0 Å². The predicted molar refractivity (Wildman–Crippen MR) is 245 cm³/mol. The number of cyclic esters (lactones) is 1. The lowest BCUT2D eigenvalue weighted by molar-refractivity contribution is -0.265. The predicted octanol–water partition coefficient (Wildman–Crippen LogP) is 6.18. The fourth-order valence-corrected chi connectivity index (χ4v) is 10.1. The molecule has 1 amide bonds. The van der Waals surface area contributed by atoms with Crippen LogP contribution in [0.2, 0.25) is 0 Å². The molecule has 0 aromatic rings. The third-order valence-electron chi connectivity index (χ3n) is 14.5. The molecular formula is C51H79NO13. The fraction of sp³-hybridized carbons (Fsp3) is 0.745. The monoisotopic (exact) mass is 914 g/mol. The van der Waals surface area contributed by atoms with Crippen LogP contribution < -0.4 is 0 Å². The van der Waals surface area contributed by atoms with Crippen molar-refractivity contribution in [3.8, 4) is 0 Å². The van der Waals surface area contributed by atoms with E-state index in [1.807, 2.05) is 58.1 Å². The molecule has 3 heterocycles. The van der Waals surface area contributed by atoms with Gasteiger partial charge in [-0.1, -0.05) is 71.1 Å². The zero-order valence-corrected chi connectivity index (χ0v) is 40.6. The van der Waals surface area contributed by atoms with Crippen molar-refractivity contribution in [1.82, 2.24) is 4.90 Å². The van der Waals surface area contributed by atoms with Crippen LogP contribution in [0.4, 0.5) is 0 Å². The molecule has 15 atom stereocenters. The first-order valence-electron chi connectivity index (χ1n) is 23.9. The standard InChI is InChI=1S/C51H79NO13/c1-30-16-12-11-13-17-31(2)42(61-8)28-38-21-19-36(7)51(60,65-38)48(57)49(58)52-23-15-14-18-39(52)50(59)64-43(33(4)26-37-20-22-40(53)44(27-37)62-9)29-41(54)32(3)25-35(6)46(56)47(63-10)45(55)34(5)24-30/h11-13,16-17,25,30,32-34,36-40,42-44,46-47,53,56,60H,14-15,18-24,26-29H2,1-10H3/t30-,32-,33?,34-,36-,37+,38+,39+,40-,42+,43+,44-,46-,47+,51-/m1/s1. The molecule has 14 heteroatoms. The average molecular weight is 914 g/mol. The van der Waals surface area contributed by atoms with Gasteiger partial charge in [0.15, 0.2) is 5.78 Å². The highest BCUT2D eigenvalue weighted by Gasteiger charge is 2.53. The zero-order valence-electron chi connectivity index (χ0n) is 40.6. The number of nitrogens with zero attached hydrogens (tertiary/aromatic N) is 1. The molecule has 0 radical (unpaired) electrons. The number of ether oxygens (including phenoxy) is 5. The van der Waals surface area contributed by atoms with Crippen molar-refractivity contribution >= 4 is 29.2 Å². The number of Topliss-reactive ketones (excluding diaryl/α,β-unsaturated/α-hetero) is 3. The minimum Gasteiger partial charge on any atom is -0.460 e. The van der Waals surface area contributed by atoms with E-state index in [2.05, 4.69) is 0 Å². The van der Waals surface area contributed by atoms with Crippen LogP contribution in [-0.2, 0) is 47.7 Å². The van der Waals surface area contributed by atoms with Gasteiger partial charge in [-0.3, -0.25) is 19.2 Å². The Balaban J connectivity index is 1.70. The van der Waals surface area contributed by atoms with Crippen molar-refractivity contribution < 1.29 is 63.0 Å². The quantitative estimate of drug-likeness (QED) is 0.156. The Morgan fingerprint density at radius 1 is 0.846 bits per heavy atom. The lowest BCUT2D eigenvalue weighted by Crippen LogP contribution is -2.61. The van der Waals surface area contributed by atoms with E-state index in [1.165, 1.54) is 12.0 Å². The SMILES string of the molecule is CO[C@H]1C[C@@H]2CC[C@@H](C)[C@@](O)(O2)C(=O)C(=O)N2CCCC[C@H]2C(=O)O[C@H](C(C)C[C@@H]2CC[C@@H](O)[C@H](OC)C2)CC(=O)[C@H](C)C=C(C)[C@@H](O)[C@@H](OC)C(=O)[C@H](C)C[C@H](C)C=CC=CC=C1C. The van der Waals surface area contributed by atoms with E-state index in [9.17, 15) is 39.3 Å². The number of carbonyl (C=O) groups excluding carboxylic acids is 5. The van der Waals surface area contributed by atoms with Crippen molar-refractivity contribution in [2.75, 3.05) is 27.9 Å². The molecule has 0 aromatic carbocycles. The average Bonchev–Trinajstić information content (AvgIpc) is 3.28. The van der Waals surface area contributed by atoms with E-state index in [0.29, 0.717) is 63.4 Å². The first kappa shape index (κ1) is 54.2. The summed E-state index contributed by atoms with van der Waals surface area (Å²) in [6, 6.07) is -1.14. The van der Waals surface area contributed by atoms with Gasteiger partial charge in [0.25, 0.3) is 11.7 Å². The number of hydrogen-bond donors (Lipinski definition) is 3. The van der Waals surface area contributed by atoms with Gasteiger partial charge in [-0.05, 0) is 107 Å². The third kappa shape index (κ3) is 14.3. The van der Waals surface area contributed by atoms with Gasteiger partial charge < -0.3 is 43.9 Å². The first-order chi connectivity index (χ1) is 30.7. The minimum atomic E-state index is -2.43. The molecule has 3 aliphatic heterocycles. The van der Waals surface area contributed by atoms with Crippen LogP contribution in [0.3, 0.4) is 0 Å². The summed E-state index contributed by atoms with van der Waals surface area (Å²) in [5.41, 5.74) is 1.27. The van der Waals surface area contributed by atoms with Crippen molar-refractivity contribution in [2.24, 2.45) is 35.5 Å². The second kappa shape index (κ2) is 25.1. The van der Waals surface area contributed by atoms with Crippen molar-refractivity contribution in [3.05, 3.63) is 47.6 Å². The van der Waals surface area contributed by atoms with Gasteiger partial charge in [0, 0.05) is 58.5 Å². The molecule has 3 N–H and O–H groups in total. The number of ketones is 3. The molecule has 2 bridgehead atoms. The summed E-state index contributed by atoms with van der Waals surface area (Å²) in [6.07, 6.45) is 11.2. The van der Waals surface area contributed by atoms with Crippen LogP contribution in [-0.4, -0.2) is 132 Å². The number of piperidine rings is 1. The molecule has 1 aliphatic carbocycles. The molecule has 65 heavy (non-hydrogen) atoms. The molecule has 14 nitrogen and oxygen atoms in total. The minimum absolute atomic E-state index is 0.0193. The Hall–Kier alpha value is -3.37. The number of esters is 1. The Bertz CT molecular complexity index is 1760. The first-order valence-corrected chi connectivity index (χ1v) is 23.9. The van der Waals surface area contributed by atoms with Gasteiger partial charge in [0.1, 0.15) is 30.1 Å². The third-order valence-corrected chi connectivity index (χ3v) is 14.5. The number of carbonyl (C=O) groups is 5. The van der Waals surface area contributed by atoms with E-state index in [4.69, 9.17) is 23.7 Å². The summed E-state index contributed by atoms with van der Waals surface area (Å²) in [5.74, 6) is -7.96. The van der Waals surface area contributed by atoms with Crippen LogP contribution >= 0.6 is 0 Å². The van der Waals surface area contributed by atoms with Gasteiger partial charge >= 0.3 is 5.97 Å². The zero-order chi connectivity index (χ0) is 48.2. The molecule has 4 rings (SSSR count). The topological polar surface area (TPSA) is 195 Å². The summed E-state index contributed by atoms with van der Waals surface area (Å²) in [4.78, 5) is 71.8. The Morgan fingerprint density at radius 3 is 2.25 bits per heavy atom. The molecule has 3 fully saturated rings. The van der Waals surface area contributed by atoms with Gasteiger partial charge in [0.05, 0.1) is 24.4 Å². The highest BCUT2D eigenvalue weighted by Crippen LogP contribution is 2.38. The summed E-state index contributed by atoms with van der Waals surface area (Å²) >= 11 is 0. The van der Waals surface area contributed by atoms with Crippen molar-refractivity contribution in [3.63, 3.8) is 0 Å². The summed E-state index contributed by atoms with van der Waals surface area (Å²) in [7, 11) is 4.52. The molecule has 0 spiro atoms. The lowest BCUT2D eigenvalue weighted by Gasteiger charge is -2.42. The normalized spacial score (nSPS) is 37.8. The van der Waals surface area contributed by atoms with Crippen molar-refractivity contribution in [1.29, 1.82) is 0 Å². The number of fused-ring (bicyclic) bond motifs is 3. The number of hydrogen-bond acceptors (Lipinski definition) is 13. The van der Waals surface area contributed by atoms with Crippen LogP contribution in [0, 0.1) is 35.5 Å². The fourth-order valence-electron chi connectivity index (χ4n) is 10.1. The number of aliphatic hydroxyl groups is 3. The van der Waals surface area contributed by atoms with Crippen LogP contribution in [0.25, 0.3) is 0 Å². The van der Waals surface area contributed by atoms with Gasteiger partial charge in [0.2, 0.25) is 5.79 Å². The number of aliphatic hydroxyl groups excluding tert-OH is 2. The van der Waals surface area contributed by atoms with E-state index in [-0.39, 0.29) is 54.8 Å². The highest BCUT2D eigenvalue weighted by molar-refractivity contribution is 6.39. The lowest BCUT2D eigenvalue weighted by atomic mass is 9.78. The smallest absolute Gasteiger partial charge is 0.329 e. The molecule has 366 valence electrons. The van der Waals surface area contributed by atoms with Crippen LogP contribution in [0.1, 0.15) is 126 Å². The van der Waals surface area contributed by atoms with Crippen LogP contribution in [0.15, 0.2) is 47.6 Å². The second-order valence-electron chi connectivity index (χ2n) is 19.6. The Labute approximate surface area is 387 Å².